The maximum absolute atomic E-state index is 11.2. The monoisotopic (exact) mass is 418 g/mol. The highest BCUT2D eigenvalue weighted by Crippen LogP contribution is 2.46. The summed E-state index contributed by atoms with van der Waals surface area (Å²) in [5.74, 6) is 0.141. The molecule has 5 rings (SSSR count). The molecule has 2 heteroatoms. The van der Waals surface area contributed by atoms with Crippen LogP contribution in [0, 0.1) is 20.8 Å². The average molecular weight is 419 g/mol. The first-order valence-corrected chi connectivity index (χ1v) is 10.9. The number of phenolic OH excluding ortho intramolecular Hbond substituents is 2. The number of rotatable bonds is 3. The lowest BCUT2D eigenvalue weighted by atomic mass is 9.79. The molecule has 0 spiro atoms. The molecule has 2 N–H and O–H groups in total. The van der Waals surface area contributed by atoms with Crippen LogP contribution in [0.3, 0.4) is 0 Å². The van der Waals surface area contributed by atoms with Crippen LogP contribution >= 0.6 is 0 Å². The molecule has 0 radical (unpaired) electrons. The number of hydrogen-bond acceptors (Lipinski definition) is 2. The fraction of sp³-hybridized carbons (Fsp3) is 0.133. The van der Waals surface area contributed by atoms with Crippen LogP contribution in [0.15, 0.2) is 84.9 Å². The molecule has 158 valence electrons. The summed E-state index contributed by atoms with van der Waals surface area (Å²) in [6.07, 6.45) is 0. The molecule has 5 aromatic carbocycles. The average Bonchev–Trinajstić information content (AvgIpc) is 2.77. The molecule has 0 aliphatic rings. The lowest BCUT2D eigenvalue weighted by Gasteiger charge is -2.25. The van der Waals surface area contributed by atoms with E-state index in [1.165, 1.54) is 5.56 Å². The molecule has 0 fully saturated rings. The van der Waals surface area contributed by atoms with Gasteiger partial charge in [0.1, 0.15) is 11.5 Å². The van der Waals surface area contributed by atoms with Gasteiger partial charge in [-0.25, -0.2) is 0 Å². The molecule has 0 aliphatic carbocycles. The summed E-state index contributed by atoms with van der Waals surface area (Å²) in [5.41, 5.74) is 6.10. The van der Waals surface area contributed by atoms with Gasteiger partial charge in [-0.2, -0.15) is 0 Å². The molecule has 0 aromatic heterocycles. The Morgan fingerprint density at radius 3 is 1.38 bits per heavy atom. The Balaban J connectivity index is 1.93. The quantitative estimate of drug-likeness (QED) is 0.298. The lowest BCUT2D eigenvalue weighted by molar-refractivity contribution is 0.460. The third kappa shape index (κ3) is 3.38. The third-order valence-corrected chi connectivity index (χ3v) is 6.38. The summed E-state index contributed by atoms with van der Waals surface area (Å²) in [6.45, 7) is 6.19. The molecule has 0 unspecified atom stereocenters. The Bertz CT molecular complexity index is 1360. The molecular weight excluding hydrogens is 392 g/mol. The number of fused-ring (bicyclic) bond motifs is 2. The van der Waals surface area contributed by atoms with Crippen molar-refractivity contribution in [2.45, 2.75) is 26.7 Å². The standard InChI is InChI=1S/C30H26O2/c1-18-4-10-23(11-5-18)28(29-24-16-19(2)6-8-21(24)12-14-26(29)31)30-25-17-20(3)7-9-22(25)13-15-27(30)32/h4-17,28,31-32H,1-3H3. The SMILES string of the molecule is Cc1ccc(C(c2c(O)ccc3ccc(C)cc23)c2c(O)ccc3ccc(C)cc23)cc1. The topological polar surface area (TPSA) is 40.5 Å². The zero-order valence-electron chi connectivity index (χ0n) is 18.6. The van der Waals surface area contributed by atoms with Gasteiger partial charge < -0.3 is 10.2 Å². The van der Waals surface area contributed by atoms with E-state index >= 15 is 0 Å². The van der Waals surface area contributed by atoms with E-state index in [2.05, 4.69) is 81.4 Å². The van der Waals surface area contributed by atoms with Gasteiger partial charge in [-0.1, -0.05) is 89.5 Å². The predicted molar refractivity (Wildman–Crippen MR) is 133 cm³/mol. The number of hydrogen-bond donors (Lipinski definition) is 2. The van der Waals surface area contributed by atoms with Crippen molar-refractivity contribution in [2.24, 2.45) is 0 Å². The first kappa shape index (κ1) is 20.1. The lowest BCUT2D eigenvalue weighted by Crippen LogP contribution is -2.06. The molecule has 0 saturated carbocycles. The van der Waals surface area contributed by atoms with E-state index in [0.29, 0.717) is 0 Å². The van der Waals surface area contributed by atoms with Gasteiger partial charge in [0.2, 0.25) is 0 Å². The Morgan fingerprint density at radius 2 is 0.906 bits per heavy atom. The third-order valence-electron chi connectivity index (χ3n) is 6.38. The maximum atomic E-state index is 11.2. The van der Waals surface area contributed by atoms with E-state index in [1.54, 1.807) is 12.1 Å². The van der Waals surface area contributed by atoms with Crippen molar-refractivity contribution >= 4 is 21.5 Å². The highest BCUT2D eigenvalue weighted by atomic mass is 16.3. The molecule has 32 heavy (non-hydrogen) atoms. The van der Waals surface area contributed by atoms with Crippen molar-refractivity contribution in [1.82, 2.24) is 0 Å². The van der Waals surface area contributed by atoms with Crippen LogP contribution < -0.4 is 0 Å². The first-order chi connectivity index (χ1) is 15.4. The number of aromatic hydroxyl groups is 2. The van der Waals surface area contributed by atoms with Crippen molar-refractivity contribution in [3.63, 3.8) is 0 Å². The van der Waals surface area contributed by atoms with Crippen molar-refractivity contribution < 1.29 is 10.2 Å². The van der Waals surface area contributed by atoms with E-state index in [-0.39, 0.29) is 17.4 Å². The zero-order valence-corrected chi connectivity index (χ0v) is 18.6. The van der Waals surface area contributed by atoms with Gasteiger partial charge in [0.25, 0.3) is 0 Å². The Labute approximate surface area is 188 Å². The highest BCUT2D eigenvalue weighted by molar-refractivity contribution is 5.94. The molecule has 0 bridgehead atoms. The van der Waals surface area contributed by atoms with Crippen LogP contribution in [0.4, 0.5) is 0 Å². The molecule has 5 aromatic rings. The molecule has 0 aliphatic heterocycles. The second kappa shape index (κ2) is 7.72. The largest absolute Gasteiger partial charge is 0.508 e. The summed E-state index contributed by atoms with van der Waals surface area (Å²) < 4.78 is 0. The molecule has 0 heterocycles. The molecular formula is C30H26O2. The number of benzene rings is 5. The minimum Gasteiger partial charge on any atom is -0.508 e. The minimum absolute atomic E-state index is 0.234. The number of aryl methyl sites for hydroxylation is 3. The number of phenols is 2. The van der Waals surface area contributed by atoms with Gasteiger partial charge in [0.05, 0.1) is 0 Å². The van der Waals surface area contributed by atoms with E-state index in [0.717, 1.165) is 49.4 Å². The Hall–Kier alpha value is -3.78. The van der Waals surface area contributed by atoms with E-state index < -0.39 is 0 Å². The molecule has 0 atom stereocenters. The molecule has 2 nitrogen and oxygen atoms in total. The normalized spacial score (nSPS) is 11.5. The summed E-state index contributed by atoms with van der Waals surface area (Å²) in [7, 11) is 0. The summed E-state index contributed by atoms with van der Waals surface area (Å²) >= 11 is 0. The van der Waals surface area contributed by atoms with Crippen LogP contribution in [0.5, 0.6) is 11.5 Å². The van der Waals surface area contributed by atoms with Gasteiger partial charge in [0, 0.05) is 17.0 Å². The molecule has 0 saturated heterocycles. The van der Waals surface area contributed by atoms with Crippen molar-refractivity contribution in [2.75, 3.05) is 0 Å². The second-order valence-electron chi connectivity index (χ2n) is 8.79. The summed E-state index contributed by atoms with van der Waals surface area (Å²) in [6, 6.07) is 28.4. The Kier molecular flexibility index (Phi) is 4.86. The summed E-state index contributed by atoms with van der Waals surface area (Å²) in [4.78, 5) is 0. The van der Waals surface area contributed by atoms with Crippen molar-refractivity contribution in [3.05, 3.63) is 118 Å². The van der Waals surface area contributed by atoms with Gasteiger partial charge in [-0.3, -0.25) is 0 Å². The van der Waals surface area contributed by atoms with Crippen LogP contribution in [0.25, 0.3) is 21.5 Å². The van der Waals surface area contributed by atoms with E-state index in [9.17, 15) is 10.2 Å². The van der Waals surface area contributed by atoms with Gasteiger partial charge in [-0.15, -0.1) is 0 Å². The van der Waals surface area contributed by atoms with Crippen molar-refractivity contribution in [3.8, 4) is 11.5 Å². The van der Waals surface area contributed by atoms with Gasteiger partial charge in [-0.05, 0) is 60.0 Å². The van der Waals surface area contributed by atoms with Crippen molar-refractivity contribution in [1.29, 1.82) is 0 Å². The van der Waals surface area contributed by atoms with Crippen LogP contribution in [-0.4, -0.2) is 10.2 Å². The smallest absolute Gasteiger partial charge is 0.120 e. The Morgan fingerprint density at radius 1 is 0.500 bits per heavy atom. The highest BCUT2D eigenvalue weighted by Gasteiger charge is 2.27. The predicted octanol–water partition coefficient (Wildman–Crippen LogP) is 7.51. The summed E-state index contributed by atoms with van der Waals surface area (Å²) in [5, 5.41) is 26.5. The van der Waals surface area contributed by atoms with Gasteiger partial charge >= 0.3 is 0 Å². The second-order valence-corrected chi connectivity index (χ2v) is 8.79. The maximum Gasteiger partial charge on any atom is 0.120 e. The molecule has 0 amide bonds. The zero-order chi connectivity index (χ0) is 22.4. The van der Waals surface area contributed by atoms with E-state index in [1.807, 2.05) is 12.1 Å². The fourth-order valence-electron chi connectivity index (χ4n) is 4.73. The minimum atomic E-state index is -0.327. The van der Waals surface area contributed by atoms with E-state index in [4.69, 9.17) is 0 Å². The fourth-order valence-corrected chi connectivity index (χ4v) is 4.73. The van der Waals surface area contributed by atoms with Crippen LogP contribution in [-0.2, 0) is 0 Å². The first-order valence-electron chi connectivity index (χ1n) is 10.9. The van der Waals surface area contributed by atoms with Crippen LogP contribution in [0.2, 0.25) is 0 Å². The van der Waals surface area contributed by atoms with Gasteiger partial charge in [0.15, 0.2) is 0 Å². The van der Waals surface area contributed by atoms with Crippen LogP contribution in [0.1, 0.15) is 39.3 Å².